The number of nitrogens with one attached hydrogen (secondary N) is 2. The zero-order valence-electron chi connectivity index (χ0n) is 17.4. The minimum absolute atomic E-state index is 0.0797. The van der Waals surface area contributed by atoms with Crippen molar-refractivity contribution in [1.29, 1.82) is 0 Å². The quantitative estimate of drug-likeness (QED) is 0.572. The molecule has 1 amide bonds. The Bertz CT molecular complexity index is 1140. The van der Waals surface area contributed by atoms with Gasteiger partial charge in [0.05, 0.1) is 30.3 Å². The average Bonchev–Trinajstić information content (AvgIpc) is 2.84. The van der Waals surface area contributed by atoms with Crippen molar-refractivity contribution >= 4 is 27.3 Å². The van der Waals surface area contributed by atoms with E-state index in [4.69, 9.17) is 4.74 Å². The first-order chi connectivity index (χ1) is 15.5. The van der Waals surface area contributed by atoms with Gasteiger partial charge in [-0.25, -0.2) is 8.42 Å². The van der Waals surface area contributed by atoms with Gasteiger partial charge in [-0.2, -0.15) is 0 Å². The van der Waals surface area contributed by atoms with E-state index < -0.39 is 10.0 Å². The molecular formula is C23H24N4O4S. The van der Waals surface area contributed by atoms with Crippen LogP contribution in [0.4, 0.5) is 11.4 Å². The van der Waals surface area contributed by atoms with E-state index in [-0.39, 0.29) is 10.8 Å². The average molecular weight is 453 g/mol. The molecule has 0 bridgehead atoms. The summed E-state index contributed by atoms with van der Waals surface area (Å²) < 4.78 is 33.4. The summed E-state index contributed by atoms with van der Waals surface area (Å²) in [4.78, 5) is 18.7. The summed E-state index contributed by atoms with van der Waals surface area (Å²) in [7, 11) is -3.77. The maximum Gasteiger partial charge on any atom is 0.261 e. The highest BCUT2D eigenvalue weighted by atomic mass is 32.2. The second-order valence-corrected chi connectivity index (χ2v) is 8.96. The Morgan fingerprint density at radius 3 is 2.34 bits per heavy atom. The lowest BCUT2D eigenvalue weighted by molar-refractivity contribution is 0.0950. The maximum absolute atomic E-state index is 12.7. The van der Waals surface area contributed by atoms with Crippen LogP contribution in [-0.4, -0.2) is 45.6 Å². The molecule has 3 aromatic rings. The van der Waals surface area contributed by atoms with Crippen LogP contribution in [0, 0.1) is 0 Å². The number of pyridine rings is 1. The van der Waals surface area contributed by atoms with Gasteiger partial charge in [0.1, 0.15) is 0 Å². The Morgan fingerprint density at radius 2 is 1.69 bits per heavy atom. The molecular weight excluding hydrogens is 428 g/mol. The van der Waals surface area contributed by atoms with Crippen molar-refractivity contribution < 1.29 is 17.9 Å². The molecule has 0 spiro atoms. The van der Waals surface area contributed by atoms with Crippen LogP contribution in [0.25, 0.3) is 0 Å². The highest BCUT2D eigenvalue weighted by Gasteiger charge is 2.16. The molecule has 1 aromatic heterocycles. The van der Waals surface area contributed by atoms with Gasteiger partial charge in [-0.05, 0) is 60.7 Å². The van der Waals surface area contributed by atoms with Crippen LogP contribution in [0.15, 0.2) is 77.8 Å². The van der Waals surface area contributed by atoms with Gasteiger partial charge < -0.3 is 15.0 Å². The van der Waals surface area contributed by atoms with E-state index in [0.717, 1.165) is 24.5 Å². The summed E-state index contributed by atoms with van der Waals surface area (Å²) >= 11 is 0. The molecule has 1 saturated heterocycles. The van der Waals surface area contributed by atoms with E-state index in [1.807, 2.05) is 24.3 Å². The Morgan fingerprint density at radius 1 is 0.969 bits per heavy atom. The fourth-order valence-electron chi connectivity index (χ4n) is 3.34. The number of morpholine rings is 1. The number of ether oxygens (including phenoxy) is 1. The SMILES string of the molecule is O=C(NCc1ccccn1)c1ccc(S(=O)(=O)Nc2ccc(N3CCOCC3)cc2)cc1. The summed E-state index contributed by atoms with van der Waals surface area (Å²) in [5, 5.41) is 2.77. The lowest BCUT2D eigenvalue weighted by atomic mass is 10.2. The summed E-state index contributed by atoms with van der Waals surface area (Å²) in [5.41, 5.74) is 2.61. The number of carbonyl (C=O) groups excluding carboxylic acids is 1. The van der Waals surface area contributed by atoms with E-state index in [2.05, 4.69) is 19.9 Å². The van der Waals surface area contributed by atoms with Gasteiger partial charge in [0.15, 0.2) is 0 Å². The first kappa shape index (κ1) is 21.8. The van der Waals surface area contributed by atoms with Crippen molar-refractivity contribution in [2.45, 2.75) is 11.4 Å². The molecule has 0 atom stereocenters. The van der Waals surface area contributed by atoms with E-state index in [1.165, 1.54) is 24.3 Å². The number of benzene rings is 2. The number of amides is 1. The van der Waals surface area contributed by atoms with Crippen molar-refractivity contribution in [3.05, 3.63) is 84.2 Å². The van der Waals surface area contributed by atoms with Crippen molar-refractivity contribution in [3.63, 3.8) is 0 Å². The number of hydrogen-bond acceptors (Lipinski definition) is 6. The molecule has 1 aliphatic heterocycles. The van der Waals surface area contributed by atoms with Gasteiger partial charge >= 0.3 is 0 Å². The number of hydrogen-bond donors (Lipinski definition) is 2. The predicted molar refractivity (Wildman–Crippen MR) is 122 cm³/mol. The van der Waals surface area contributed by atoms with Gasteiger partial charge in [0.25, 0.3) is 15.9 Å². The van der Waals surface area contributed by atoms with Gasteiger partial charge in [-0.3, -0.25) is 14.5 Å². The first-order valence-corrected chi connectivity index (χ1v) is 11.7. The maximum atomic E-state index is 12.7. The van der Waals surface area contributed by atoms with Gasteiger partial charge in [0.2, 0.25) is 0 Å². The molecule has 9 heteroatoms. The van der Waals surface area contributed by atoms with Crippen LogP contribution >= 0.6 is 0 Å². The Labute approximate surface area is 187 Å². The van der Waals surface area contributed by atoms with Crippen LogP contribution in [0.1, 0.15) is 16.1 Å². The standard InChI is InChI=1S/C23H24N4O4S/c28-23(25-17-20-3-1-2-12-24-20)18-4-10-22(11-5-18)32(29,30)26-19-6-8-21(9-7-19)27-13-15-31-16-14-27/h1-12,26H,13-17H2,(H,25,28). The van der Waals surface area contributed by atoms with Crippen LogP contribution in [0.5, 0.6) is 0 Å². The summed E-state index contributed by atoms with van der Waals surface area (Å²) in [6, 6.07) is 18.5. The second kappa shape index (κ2) is 9.80. The van der Waals surface area contributed by atoms with Crippen molar-refractivity contribution in [3.8, 4) is 0 Å². The van der Waals surface area contributed by atoms with E-state index in [9.17, 15) is 13.2 Å². The van der Waals surface area contributed by atoms with Gasteiger partial charge in [-0.1, -0.05) is 6.07 Å². The first-order valence-electron chi connectivity index (χ1n) is 10.2. The van der Waals surface area contributed by atoms with Crippen LogP contribution in [0.3, 0.4) is 0 Å². The molecule has 2 heterocycles. The van der Waals surface area contributed by atoms with E-state index in [0.29, 0.717) is 31.0 Å². The molecule has 32 heavy (non-hydrogen) atoms. The zero-order valence-corrected chi connectivity index (χ0v) is 18.2. The second-order valence-electron chi connectivity index (χ2n) is 7.28. The molecule has 0 aliphatic carbocycles. The molecule has 1 aliphatic rings. The number of rotatable bonds is 7. The fraction of sp³-hybridized carbons (Fsp3) is 0.217. The molecule has 166 valence electrons. The van der Waals surface area contributed by atoms with E-state index in [1.54, 1.807) is 24.4 Å². The topological polar surface area (TPSA) is 101 Å². The number of carbonyl (C=O) groups is 1. The predicted octanol–water partition coefficient (Wildman–Crippen LogP) is 2.65. The Kier molecular flexibility index (Phi) is 6.67. The lowest BCUT2D eigenvalue weighted by Gasteiger charge is -2.28. The Balaban J connectivity index is 1.37. The highest BCUT2D eigenvalue weighted by Crippen LogP contribution is 2.21. The van der Waals surface area contributed by atoms with Crippen LogP contribution in [0.2, 0.25) is 0 Å². The third kappa shape index (κ3) is 5.43. The molecule has 0 radical (unpaired) electrons. The van der Waals surface area contributed by atoms with Crippen molar-refractivity contribution in [2.24, 2.45) is 0 Å². The molecule has 2 aromatic carbocycles. The third-order valence-corrected chi connectivity index (χ3v) is 6.48. The van der Waals surface area contributed by atoms with Crippen LogP contribution in [-0.2, 0) is 21.3 Å². The highest BCUT2D eigenvalue weighted by molar-refractivity contribution is 7.92. The monoisotopic (exact) mass is 452 g/mol. The van der Waals surface area contributed by atoms with Crippen molar-refractivity contribution in [2.75, 3.05) is 35.9 Å². The van der Waals surface area contributed by atoms with Gasteiger partial charge in [0, 0.05) is 36.2 Å². The molecule has 8 nitrogen and oxygen atoms in total. The number of nitrogens with zero attached hydrogens (tertiary/aromatic N) is 2. The molecule has 2 N–H and O–H groups in total. The minimum Gasteiger partial charge on any atom is -0.378 e. The number of anilines is 2. The van der Waals surface area contributed by atoms with Gasteiger partial charge in [-0.15, -0.1) is 0 Å². The minimum atomic E-state index is -3.77. The molecule has 0 saturated carbocycles. The lowest BCUT2D eigenvalue weighted by Crippen LogP contribution is -2.36. The summed E-state index contributed by atoms with van der Waals surface area (Å²) in [6.07, 6.45) is 1.66. The third-order valence-electron chi connectivity index (χ3n) is 5.08. The smallest absolute Gasteiger partial charge is 0.261 e. The molecule has 0 unspecified atom stereocenters. The summed E-state index contributed by atoms with van der Waals surface area (Å²) in [5.74, 6) is -0.300. The molecule has 1 fully saturated rings. The Hall–Kier alpha value is -3.43. The normalized spacial score (nSPS) is 14.1. The number of aromatic nitrogens is 1. The fourth-order valence-corrected chi connectivity index (χ4v) is 4.40. The van der Waals surface area contributed by atoms with E-state index >= 15 is 0 Å². The zero-order chi connectivity index (χ0) is 22.4. The van der Waals surface area contributed by atoms with Crippen molar-refractivity contribution in [1.82, 2.24) is 10.3 Å². The van der Waals surface area contributed by atoms with Crippen LogP contribution < -0.4 is 14.9 Å². The largest absolute Gasteiger partial charge is 0.378 e. The summed E-state index contributed by atoms with van der Waals surface area (Å²) in [6.45, 7) is 3.29. The number of sulfonamides is 1. The molecule has 4 rings (SSSR count).